The van der Waals surface area contributed by atoms with Crippen molar-refractivity contribution in [3.05, 3.63) is 34.9 Å². The highest BCUT2D eigenvalue weighted by molar-refractivity contribution is 6.32. The number of aliphatic hydroxyl groups is 2. The summed E-state index contributed by atoms with van der Waals surface area (Å²) in [6, 6.07) is 2.04. The number of phenols is 1. The van der Waals surface area contributed by atoms with Crippen LogP contribution in [0.1, 0.15) is 53.6 Å². The van der Waals surface area contributed by atoms with Crippen molar-refractivity contribution in [2.45, 2.75) is 49.9 Å². The number of aliphatic hydroxyl groups excluding tert-OH is 1. The molecule has 0 aromatic heterocycles. The fraction of sp³-hybridized carbons (Fsp3) is 0.519. The average Bonchev–Trinajstić information content (AvgIpc) is 3.35. The molecule has 0 heterocycles. The number of phenolic OH excluding ortho intramolecular Hbond substituents is 1. The average molecular weight is 511 g/mol. The van der Waals surface area contributed by atoms with Crippen LogP contribution in [0.5, 0.6) is 5.75 Å². The third kappa shape index (κ3) is 3.19. The quantitative estimate of drug-likeness (QED) is 0.407. The topological polar surface area (TPSA) is 175 Å². The van der Waals surface area contributed by atoms with Gasteiger partial charge in [-0.05, 0) is 50.4 Å². The van der Waals surface area contributed by atoms with Gasteiger partial charge in [-0.2, -0.15) is 0 Å². The number of amides is 1. The van der Waals surface area contributed by atoms with E-state index in [2.05, 4.69) is 0 Å². The molecule has 1 amide bonds. The predicted molar refractivity (Wildman–Crippen MR) is 129 cm³/mol. The number of hydrogen-bond donors (Lipinski definition) is 4. The van der Waals surface area contributed by atoms with E-state index in [1.165, 1.54) is 19.0 Å². The molecule has 1 aromatic carbocycles. The Labute approximate surface area is 213 Å². The number of primary amides is 1. The maximum absolute atomic E-state index is 14.0. The number of ketones is 4. The molecule has 4 aliphatic rings. The highest BCUT2D eigenvalue weighted by Gasteiger charge is 2.72. The summed E-state index contributed by atoms with van der Waals surface area (Å²) < 4.78 is 0. The van der Waals surface area contributed by atoms with Gasteiger partial charge in [-0.3, -0.25) is 28.9 Å². The summed E-state index contributed by atoms with van der Waals surface area (Å²) in [5.41, 5.74) is 4.07. The summed E-state index contributed by atoms with van der Waals surface area (Å²) in [4.78, 5) is 67.8. The fourth-order valence-electron chi connectivity index (χ4n) is 7.16. The minimum absolute atomic E-state index is 0.0726. The summed E-state index contributed by atoms with van der Waals surface area (Å²) >= 11 is 0. The number of carbonyl (C=O) groups excluding carboxylic acids is 5. The van der Waals surface area contributed by atoms with Crippen molar-refractivity contribution >= 4 is 34.6 Å². The van der Waals surface area contributed by atoms with E-state index in [0.29, 0.717) is 11.1 Å². The van der Waals surface area contributed by atoms with E-state index >= 15 is 0 Å². The van der Waals surface area contributed by atoms with Gasteiger partial charge in [0.15, 0.2) is 34.7 Å². The molecule has 0 radical (unpaired) electrons. The van der Waals surface area contributed by atoms with Crippen LogP contribution in [0.25, 0.3) is 5.57 Å². The van der Waals surface area contributed by atoms with Crippen LogP contribution in [0.3, 0.4) is 0 Å². The SMILES string of the molecule is C[C@H]1c2ccc(C3=CCCC3)c(O)c2C(=O)C2C(=O)[C@]3(O)C(=O)C(C(N)=O)C(=O)[C@@H](N(C)C)[C@@H]3[C@@H](O)[C@@H]21. The number of benzene rings is 1. The smallest absolute Gasteiger partial charge is 0.235 e. The van der Waals surface area contributed by atoms with Gasteiger partial charge in [0.1, 0.15) is 5.75 Å². The number of aromatic hydroxyl groups is 1. The summed E-state index contributed by atoms with van der Waals surface area (Å²) in [6.07, 6.45) is 2.83. The van der Waals surface area contributed by atoms with Gasteiger partial charge in [-0.25, -0.2) is 0 Å². The van der Waals surface area contributed by atoms with Gasteiger partial charge in [0, 0.05) is 11.5 Å². The number of carbonyl (C=O) groups is 5. The molecule has 10 nitrogen and oxygen atoms in total. The van der Waals surface area contributed by atoms with E-state index in [1.54, 1.807) is 19.1 Å². The number of allylic oxidation sites excluding steroid dienone is 2. The van der Waals surface area contributed by atoms with Crippen LogP contribution in [0, 0.1) is 23.7 Å². The molecule has 0 saturated heterocycles. The van der Waals surface area contributed by atoms with Gasteiger partial charge >= 0.3 is 0 Å². The summed E-state index contributed by atoms with van der Waals surface area (Å²) in [5.74, 6) is -13.0. The van der Waals surface area contributed by atoms with Crippen molar-refractivity contribution < 1.29 is 39.3 Å². The highest BCUT2D eigenvalue weighted by atomic mass is 16.3. The van der Waals surface area contributed by atoms with Crippen molar-refractivity contribution in [2.75, 3.05) is 14.1 Å². The molecular weight excluding hydrogens is 480 g/mol. The number of Topliss-reactive ketones (excluding diaryl/α,β-unsaturated/α-hetero) is 4. The Morgan fingerprint density at radius 1 is 1.14 bits per heavy atom. The van der Waals surface area contributed by atoms with Gasteiger partial charge in [-0.1, -0.05) is 25.1 Å². The van der Waals surface area contributed by atoms with Crippen LogP contribution in [0.4, 0.5) is 0 Å². The van der Waals surface area contributed by atoms with Crippen molar-refractivity contribution in [1.82, 2.24) is 4.90 Å². The summed E-state index contributed by atoms with van der Waals surface area (Å²) in [7, 11) is 2.92. The lowest BCUT2D eigenvalue weighted by Gasteiger charge is -2.56. The maximum atomic E-state index is 14.0. The van der Waals surface area contributed by atoms with Crippen molar-refractivity contribution in [2.24, 2.45) is 29.4 Å². The molecule has 0 bridgehead atoms. The van der Waals surface area contributed by atoms with Crippen LogP contribution in [-0.2, 0) is 19.2 Å². The molecule has 8 atom stereocenters. The van der Waals surface area contributed by atoms with Gasteiger partial charge in [0.25, 0.3) is 0 Å². The number of rotatable bonds is 3. The molecule has 2 fully saturated rings. The molecule has 10 heteroatoms. The van der Waals surface area contributed by atoms with Crippen LogP contribution >= 0.6 is 0 Å². The first-order valence-corrected chi connectivity index (χ1v) is 12.4. The van der Waals surface area contributed by atoms with E-state index in [1.807, 2.05) is 6.08 Å². The van der Waals surface area contributed by atoms with E-state index in [-0.39, 0.29) is 11.3 Å². The maximum Gasteiger partial charge on any atom is 0.235 e. The zero-order chi connectivity index (χ0) is 27.1. The standard InChI is InChI=1S/C27H30N2O8/c1-10-12-8-9-13(11-6-4-5-7-11)20(30)15(12)21(31)16-14(10)22(32)18-19(29(2)3)23(33)17(26(28)36)25(35)27(18,37)24(16)34/h6,8-10,14,16-19,22,30,32,37H,4-5,7H2,1-3H3,(H2,28,36)/t10-,14+,16?,17?,18+,19-,22-,27-/m0/s1. The Morgan fingerprint density at radius 2 is 1.81 bits per heavy atom. The zero-order valence-electron chi connectivity index (χ0n) is 20.8. The van der Waals surface area contributed by atoms with Crippen molar-refractivity contribution in [3.63, 3.8) is 0 Å². The number of fused-ring (bicyclic) bond motifs is 3. The monoisotopic (exact) mass is 510 g/mol. The third-order valence-electron chi connectivity index (χ3n) is 8.88. The Balaban J connectivity index is 1.70. The minimum Gasteiger partial charge on any atom is -0.507 e. The Kier molecular flexibility index (Phi) is 5.78. The first-order valence-electron chi connectivity index (χ1n) is 12.4. The molecule has 1 aromatic rings. The summed E-state index contributed by atoms with van der Waals surface area (Å²) in [6.45, 7) is 1.70. The number of nitrogens with zero attached hydrogens (tertiary/aromatic N) is 1. The minimum atomic E-state index is -2.99. The molecular formula is C27H30N2O8. The Hall–Kier alpha value is -3.21. The second kappa shape index (κ2) is 8.41. The fourth-order valence-corrected chi connectivity index (χ4v) is 7.16. The molecule has 37 heavy (non-hydrogen) atoms. The molecule has 2 unspecified atom stereocenters. The molecule has 0 spiro atoms. The third-order valence-corrected chi connectivity index (χ3v) is 8.88. The molecule has 2 saturated carbocycles. The van der Waals surface area contributed by atoms with E-state index in [9.17, 15) is 39.3 Å². The number of nitrogens with two attached hydrogens (primary N) is 1. The molecule has 0 aliphatic heterocycles. The van der Waals surface area contributed by atoms with Gasteiger partial charge in [-0.15, -0.1) is 0 Å². The number of hydrogen-bond acceptors (Lipinski definition) is 9. The lowest BCUT2D eigenvalue weighted by atomic mass is 9.49. The predicted octanol–water partition coefficient (Wildman–Crippen LogP) is -0.0339. The second-order valence-corrected chi connectivity index (χ2v) is 10.9. The van der Waals surface area contributed by atoms with Crippen LogP contribution in [0.15, 0.2) is 18.2 Å². The van der Waals surface area contributed by atoms with Gasteiger partial charge in [0.2, 0.25) is 5.91 Å². The zero-order valence-corrected chi connectivity index (χ0v) is 20.8. The van der Waals surface area contributed by atoms with Crippen molar-refractivity contribution in [3.8, 4) is 5.75 Å². The Bertz CT molecular complexity index is 1300. The molecule has 196 valence electrons. The first kappa shape index (κ1) is 25.4. The van der Waals surface area contributed by atoms with Crippen molar-refractivity contribution in [1.29, 1.82) is 0 Å². The second-order valence-electron chi connectivity index (χ2n) is 10.9. The van der Waals surface area contributed by atoms with E-state index in [4.69, 9.17) is 5.73 Å². The summed E-state index contributed by atoms with van der Waals surface area (Å²) in [5, 5.41) is 34.4. The largest absolute Gasteiger partial charge is 0.507 e. The first-order chi connectivity index (χ1) is 17.3. The van der Waals surface area contributed by atoms with Crippen LogP contribution in [0.2, 0.25) is 0 Å². The molecule has 4 aliphatic carbocycles. The van der Waals surface area contributed by atoms with E-state index < -0.39 is 76.4 Å². The highest BCUT2D eigenvalue weighted by Crippen LogP contribution is 2.55. The van der Waals surface area contributed by atoms with E-state index in [0.717, 1.165) is 24.8 Å². The molecule has 5 N–H and O–H groups in total. The normalized spacial score (nSPS) is 37.2. The molecule has 5 rings (SSSR count). The number of likely N-dealkylation sites (N-methyl/N-ethyl adjacent to an activating group) is 1. The lowest BCUT2D eigenvalue weighted by molar-refractivity contribution is -0.196. The Morgan fingerprint density at radius 3 is 2.38 bits per heavy atom. The van der Waals surface area contributed by atoms with Crippen LogP contribution < -0.4 is 5.73 Å². The lowest BCUT2D eigenvalue weighted by Crippen LogP contribution is -2.77. The van der Waals surface area contributed by atoms with Gasteiger partial charge < -0.3 is 21.1 Å². The van der Waals surface area contributed by atoms with Crippen LogP contribution in [-0.4, -0.2) is 81.1 Å². The van der Waals surface area contributed by atoms with Gasteiger partial charge in [0.05, 0.1) is 29.5 Å².